The Morgan fingerprint density at radius 3 is 1.75 bits per heavy atom. The summed E-state index contributed by atoms with van der Waals surface area (Å²) in [5.41, 5.74) is 11.8. The van der Waals surface area contributed by atoms with E-state index in [9.17, 15) is 0 Å². The first kappa shape index (κ1) is 28.5. The van der Waals surface area contributed by atoms with Gasteiger partial charge in [0.25, 0.3) is 0 Å². The van der Waals surface area contributed by atoms with Gasteiger partial charge in [-0.15, -0.1) is 0 Å². The van der Waals surface area contributed by atoms with Crippen molar-refractivity contribution in [3.63, 3.8) is 0 Å². The van der Waals surface area contributed by atoms with Gasteiger partial charge in [-0.05, 0) is 90.0 Å². The normalized spacial score (nSPS) is 14.1. The highest BCUT2D eigenvalue weighted by atomic mass is 16.5. The van der Waals surface area contributed by atoms with E-state index in [0.29, 0.717) is 0 Å². The molecule has 0 bridgehead atoms. The third-order valence-electron chi connectivity index (χ3n) is 11.1. The molecule has 3 aliphatic rings. The van der Waals surface area contributed by atoms with Crippen molar-refractivity contribution in [3.8, 4) is 40.1 Å². The molecule has 1 aliphatic carbocycles. The third kappa shape index (κ3) is 3.66. The molecule has 6 aromatic carbocycles. The van der Waals surface area contributed by atoms with Crippen LogP contribution in [-0.4, -0.2) is 14.5 Å². The molecule has 0 fully saturated rings. The second-order valence-electron chi connectivity index (χ2n) is 13.7. The Hall–Kier alpha value is -7.18. The van der Waals surface area contributed by atoms with Crippen LogP contribution in [0.1, 0.15) is 22.3 Å². The minimum Gasteiger partial charge on any atom is -0.457 e. The quantitative estimate of drug-likeness (QED) is 0.182. The lowest BCUT2D eigenvalue weighted by atomic mass is 9.66. The number of pyridine rings is 2. The third-order valence-corrected chi connectivity index (χ3v) is 11.1. The van der Waals surface area contributed by atoms with E-state index in [1.807, 2.05) is 54.9 Å². The van der Waals surface area contributed by atoms with Crippen molar-refractivity contribution in [2.75, 3.05) is 4.90 Å². The number of rotatable bonds is 2. The van der Waals surface area contributed by atoms with Gasteiger partial charge in [-0.25, -0.2) is 0 Å². The smallest absolute Gasteiger partial charge is 0.151 e. The molecule has 0 amide bonds. The summed E-state index contributed by atoms with van der Waals surface area (Å²) in [5, 5.41) is 2.32. The number of anilines is 3. The van der Waals surface area contributed by atoms with Gasteiger partial charge in [0.15, 0.2) is 11.5 Å². The zero-order valence-electron chi connectivity index (χ0n) is 28.3. The van der Waals surface area contributed by atoms with E-state index >= 15 is 0 Å². The lowest BCUT2D eigenvalue weighted by molar-refractivity contribution is 0.435. The van der Waals surface area contributed by atoms with Crippen LogP contribution in [0.4, 0.5) is 17.1 Å². The molecule has 0 N–H and O–H groups in total. The van der Waals surface area contributed by atoms with Gasteiger partial charge in [0.2, 0.25) is 0 Å². The zero-order valence-corrected chi connectivity index (χ0v) is 28.3. The second kappa shape index (κ2) is 10.4. The molecule has 0 radical (unpaired) electrons. The topological polar surface area (TPSA) is 52.4 Å². The number of nitrogens with zero attached hydrogens (tertiary/aromatic N) is 4. The summed E-state index contributed by atoms with van der Waals surface area (Å²) in [6.07, 6.45) is 3.73. The molecule has 0 atom stereocenters. The summed E-state index contributed by atoms with van der Waals surface area (Å²) in [5.74, 6) is 3.31. The largest absolute Gasteiger partial charge is 0.457 e. The molecule has 53 heavy (non-hydrogen) atoms. The summed E-state index contributed by atoms with van der Waals surface area (Å²) in [6, 6.07) is 55.3. The predicted molar refractivity (Wildman–Crippen MR) is 209 cm³/mol. The predicted octanol–water partition coefficient (Wildman–Crippen LogP) is 11.6. The maximum Gasteiger partial charge on any atom is 0.151 e. The minimum absolute atomic E-state index is 0.715. The Morgan fingerprint density at radius 1 is 0.434 bits per heavy atom. The highest BCUT2D eigenvalue weighted by molar-refractivity contribution is 6.11. The van der Waals surface area contributed by atoms with Gasteiger partial charge in [-0.3, -0.25) is 9.97 Å². The summed E-state index contributed by atoms with van der Waals surface area (Å²) in [6.45, 7) is 0. The number of para-hydroxylation sites is 6. The van der Waals surface area contributed by atoms with Crippen molar-refractivity contribution in [2.24, 2.45) is 0 Å². The van der Waals surface area contributed by atoms with E-state index in [2.05, 4.69) is 125 Å². The van der Waals surface area contributed by atoms with Gasteiger partial charge in [0.1, 0.15) is 11.5 Å². The molecule has 248 valence electrons. The van der Waals surface area contributed by atoms with E-state index < -0.39 is 5.41 Å². The number of aromatic nitrogens is 3. The second-order valence-corrected chi connectivity index (χ2v) is 13.7. The maximum absolute atomic E-state index is 6.85. The standard InChI is InChI=1S/C47H28N4O2/c1-3-16-35-30(12-1)31-28-29(50-37-17-4-7-21-41(37)53-42-22-8-5-18-38(42)50)24-25-36(31)51(35)39-19-9-23-43-44(39)47(32-13-2-6-20-40(32)52-43)33-14-10-26-48-45(33)46-34(47)15-11-27-49-46/h1-28H. The van der Waals surface area contributed by atoms with Crippen molar-refractivity contribution in [2.45, 2.75) is 5.41 Å². The van der Waals surface area contributed by atoms with Crippen LogP contribution in [-0.2, 0) is 5.41 Å². The zero-order chi connectivity index (χ0) is 34.7. The van der Waals surface area contributed by atoms with Gasteiger partial charge < -0.3 is 18.9 Å². The fraction of sp³-hybridized carbons (Fsp3) is 0.0213. The first-order chi connectivity index (χ1) is 26.3. The molecule has 6 nitrogen and oxygen atoms in total. The highest BCUT2D eigenvalue weighted by Gasteiger charge is 2.53. The lowest BCUT2D eigenvalue weighted by Gasteiger charge is -2.40. The van der Waals surface area contributed by atoms with Crippen molar-refractivity contribution >= 4 is 38.9 Å². The summed E-state index contributed by atoms with van der Waals surface area (Å²) in [7, 11) is 0. The number of ether oxygens (including phenoxy) is 2. The molecule has 0 saturated heterocycles. The molecule has 5 heterocycles. The highest BCUT2D eigenvalue weighted by Crippen LogP contribution is 2.62. The Kier molecular flexibility index (Phi) is 5.61. The Bertz CT molecular complexity index is 2910. The fourth-order valence-corrected chi connectivity index (χ4v) is 9.13. The first-order valence-electron chi connectivity index (χ1n) is 17.8. The van der Waals surface area contributed by atoms with Crippen molar-refractivity contribution in [3.05, 3.63) is 192 Å². The average Bonchev–Trinajstić information content (AvgIpc) is 3.70. The van der Waals surface area contributed by atoms with Crippen molar-refractivity contribution in [1.82, 2.24) is 14.5 Å². The Labute approximate surface area is 304 Å². The molecule has 9 aromatic rings. The van der Waals surface area contributed by atoms with Crippen LogP contribution < -0.4 is 14.4 Å². The van der Waals surface area contributed by atoms with Crippen LogP contribution >= 0.6 is 0 Å². The monoisotopic (exact) mass is 680 g/mol. The van der Waals surface area contributed by atoms with Gasteiger partial charge in [0, 0.05) is 40.0 Å². The number of fused-ring (bicyclic) bond motifs is 14. The molecule has 3 aromatic heterocycles. The molecule has 0 unspecified atom stereocenters. The van der Waals surface area contributed by atoms with Crippen LogP contribution in [0.15, 0.2) is 170 Å². The van der Waals surface area contributed by atoms with Crippen LogP contribution in [0.2, 0.25) is 0 Å². The van der Waals surface area contributed by atoms with Gasteiger partial charge >= 0.3 is 0 Å². The molecular weight excluding hydrogens is 653 g/mol. The van der Waals surface area contributed by atoms with Crippen LogP contribution in [0, 0.1) is 0 Å². The van der Waals surface area contributed by atoms with Crippen molar-refractivity contribution in [1.29, 1.82) is 0 Å². The molecular formula is C47H28N4O2. The van der Waals surface area contributed by atoms with E-state index in [-0.39, 0.29) is 0 Å². The number of hydrogen-bond donors (Lipinski definition) is 0. The van der Waals surface area contributed by atoms with E-state index in [0.717, 1.165) is 95.8 Å². The molecule has 6 heteroatoms. The van der Waals surface area contributed by atoms with E-state index in [4.69, 9.17) is 19.4 Å². The Morgan fingerprint density at radius 2 is 1.00 bits per heavy atom. The molecule has 2 aliphatic heterocycles. The first-order valence-corrected chi connectivity index (χ1v) is 17.8. The summed E-state index contributed by atoms with van der Waals surface area (Å²) in [4.78, 5) is 12.2. The Balaban J connectivity index is 1.16. The SMILES string of the molecule is c1ccc2c(c1)Oc1ccccc1N2c1ccc2c(c1)c1ccccc1n2-c1cccc2c1C1(c3ccccc3O2)c2cccnc2-c2ncccc21. The van der Waals surface area contributed by atoms with Gasteiger partial charge in [-0.1, -0.05) is 78.9 Å². The summed E-state index contributed by atoms with van der Waals surface area (Å²) < 4.78 is 15.6. The lowest BCUT2D eigenvalue weighted by Crippen LogP contribution is -2.33. The van der Waals surface area contributed by atoms with Gasteiger partial charge in [0.05, 0.1) is 44.9 Å². The maximum atomic E-state index is 6.85. The van der Waals surface area contributed by atoms with E-state index in [1.54, 1.807) is 0 Å². The van der Waals surface area contributed by atoms with Crippen LogP contribution in [0.3, 0.4) is 0 Å². The average molecular weight is 681 g/mol. The molecule has 12 rings (SSSR count). The van der Waals surface area contributed by atoms with Crippen molar-refractivity contribution < 1.29 is 9.47 Å². The fourth-order valence-electron chi connectivity index (χ4n) is 9.13. The van der Waals surface area contributed by atoms with E-state index in [1.165, 1.54) is 5.39 Å². The van der Waals surface area contributed by atoms with Crippen LogP contribution in [0.5, 0.6) is 23.0 Å². The molecule has 1 spiro atoms. The number of benzene rings is 6. The van der Waals surface area contributed by atoms with Crippen LogP contribution in [0.25, 0.3) is 38.9 Å². The molecule has 0 saturated carbocycles. The summed E-state index contributed by atoms with van der Waals surface area (Å²) >= 11 is 0. The van der Waals surface area contributed by atoms with Gasteiger partial charge in [-0.2, -0.15) is 0 Å². The minimum atomic E-state index is -0.715. The number of hydrogen-bond acceptors (Lipinski definition) is 5.